The summed E-state index contributed by atoms with van der Waals surface area (Å²) in [6, 6.07) is 5.74. The molecule has 0 aromatic heterocycles. The maximum absolute atomic E-state index is 10.8. The maximum Gasteiger partial charge on any atom is 0.235 e. The zero-order chi connectivity index (χ0) is 14.7. The minimum Gasteiger partial charge on any atom is -0.493 e. The number of hydrogen-bond acceptors (Lipinski definition) is 5. The number of isocyanates is 1. The van der Waals surface area contributed by atoms with Crippen LogP contribution in [0.15, 0.2) is 23.2 Å². The number of benzene rings is 1. The molecule has 1 unspecified atom stereocenters. The Morgan fingerprint density at radius 3 is 2.86 bits per heavy atom. The molecule has 0 N–H and O–H groups in total. The average Bonchev–Trinajstić information content (AvgIpc) is 2.96. The van der Waals surface area contributed by atoms with Gasteiger partial charge in [-0.2, -0.15) is 4.99 Å². The standard InChI is InChI=1S/C16H19NO4/c1-19-14-5-2-4-13(16(17-11-18)7-3-8-16)15(14)21-12-6-9-20-10-12/h2,4-5,12H,3,6-10H2,1H3. The van der Waals surface area contributed by atoms with Gasteiger partial charge < -0.3 is 14.2 Å². The smallest absolute Gasteiger partial charge is 0.235 e. The number of ether oxygens (including phenoxy) is 3. The second-order valence-corrected chi connectivity index (χ2v) is 5.53. The number of rotatable bonds is 5. The highest BCUT2D eigenvalue weighted by Gasteiger charge is 2.42. The van der Waals surface area contributed by atoms with E-state index in [-0.39, 0.29) is 6.10 Å². The molecule has 112 valence electrons. The van der Waals surface area contributed by atoms with Crippen LogP contribution in [0.2, 0.25) is 0 Å². The van der Waals surface area contributed by atoms with E-state index < -0.39 is 5.54 Å². The van der Waals surface area contributed by atoms with Crippen molar-refractivity contribution < 1.29 is 19.0 Å². The Morgan fingerprint density at radius 1 is 1.43 bits per heavy atom. The average molecular weight is 289 g/mol. The van der Waals surface area contributed by atoms with Crippen LogP contribution in [0.25, 0.3) is 0 Å². The molecule has 21 heavy (non-hydrogen) atoms. The van der Waals surface area contributed by atoms with Gasteiger partial charge in [-0.05, 0) is 25.3 Å². The lowest BCUT2D eigenvalue weighted by atomic mass is 9.72. The van der Waals surface area contributed by atoms with E-state index in [2.05, 4.69) is 4.99 Å². The third kappa shape index (κ3) is 2.55. The van der Waals surface area contributed by atoms with E-state index >= 15 is 0 Å². The molecule has 0 radical (unpaired) electrons. The summed E-state index contributed by atoms with van der Waals surface area (Å²) in [5.41, 5.74) is 0.425. The Bertz CT molecular complexity index is 555. The fraction of sp³-hybridized carbons (Fsp3) is 0.562. The van der Waals surface area contributed by atoms with Gasteiger partial charge in [0, 0.05) is 12.0 Å². The van der Waals surface area contributed by atoms with Gasteiger partial charge in [-0.1, -0.05) is 12.1 Å². The Balaban J connectivity index is 2.00. The number of aliphatic imine (C=N–C) groups is 1. The second-order valence-electron chi connectivity index (χ2n) is 5.53. The predicted molar refractivity (Wildman–Crippen MR) is 76.5 cm³/mol. The minimum atomic E-state index is -0.495. The fourth-order valence-corrected chi connectivity index (χ4v) is 2.98. The molecule has 5 heteroatoms. The monoisotopic (exact) mass is 289 g/mol. The number of nitrogens with zero attached hydrogens (tertiary/aromatic N) is 1. The zero-order valence-corrected chi connectivity index (χ0v) is 12.1. The first-order valence-corrected chi connectivity index (χ1v) is 7.30. The van der Waals surface area contributed by atoms with E-state index in [4.69, 9.17) is 14.2 Å². The molecule has 1 aromatic rings. The number of para-hydroxylation sites is 1. The van der Waals surface area contributed by atoms with Crippen LogP contribution in [-0.4, -0.2) is 32.5 Å². The lowest BCUT2D eigenvalue weighted by Gasteiger charge is -2.38. The molecule has 2 fully saturated rings. The van der Waals surface area contributed by atoms with Crippen LogP contribution in [0, 0.1) is 0 Å². The van der Waals surface area contributed by atoms with Crippen LogP contribution >= 0.6 is 0 Å². The Labute approximate surface area is 123 Å². The molecular formula is C16H19NO4. The van der Waals surface area contributed by atoms with Gasteiger partial charge in [0.05, 0.1) is 20.3 Å². The topological polar surface area (TPSA) is 57.1 Å². The highest BCUT2D eigenvalue weighted by molar-refractivity contribution is 5.52. The molecule has 1 heterocycles. The number of methoxy groups -OCH3 is 1. The van der Waals surface area contributed by atoms with Gasteiger partial charge in [-0.15, -0.1) is 0 Å². The van der Waals surface area contributed by atoms with Gasteiger partial charge in [0.15, 0.2) is 11.5 Å². The SMILES string of the molecule is COc1cccc(C2(N=C=O)CCC2)c1OC1CCOC1. The van der Waals surface area contributed by atoms with Crippen molar-refractivity contribution in [3.05, 3.63) is 23.8 Å². The summed E-state index contributed by atoms with van der Waals surface area (Å²) in [7, 11) is 1.62. The van der Waals surface area contributed by atoms with Crippen molar-refractivity contribution in [2.24, 2.45) is 4.99 Å². The van der Waals surface area contributed by atoms with Gasteiger partial charge in [0.2, 0.25) is 6.08 Å². The summed E-state index contributed by atoms with van der Waals surface area (Å²) >= 11 is 0. The largest absolute Gasteiger partial charge is 0.493 e. The molecule has 0 spiro atoms. The normalized spacial score (nSPS) is 23.0. The summed E-state index contributed by atoms with van der Waals surface area (Å²) in [4.78, 5) is 14.9. The Kier molecular flexibility index (Phi) is 3.95. The van der Waals surface area contributed by atoms with Crippen LogP contribution in [0.5, 0.6) is 11.5 Å². The lowest BCUT2D eigenvalue weighted by Crippen LogP contribution is -2.33. The van der Waals surface area contributed by atoms with Crippen molar-refractivity contribution in [2.75, 3.05) is 20.3 Å². The van der Waals surface area contributed by atoms with E-state index in [9.17, 15) is 4.79 Å². The number of hydrogen-bond donors (Lipinski definition) is 0. The zero-order valence-electron chi connectivity index (χ0n) is 12.1. The minimum absolute atomic E-state index is 0.0254. The van der Waals surface area contributed by atoms with Crippen molar-refractivity contribution >= 4 is 6.08 Å². The molecule has 1 atom stereocenters. The Hall–Kier alpha value is -1.84. The summed E-state index contributed by atoms with van der Waals surface area (Å²) in [5.74, 6) is 1.36. The highest BCUT2D eigenvalue weighted by Crippen LogP contribution is 2.50. The van der Waals surface area contributed by atoms with Crippen molar-refractivity contribution in [1.82, 2.24) is 0 Å². The van der Waals surface area contributed by atoms with Gasteiger partial charge in [-0.3, -0.25) is 0 Å². The van der Waals surface area contributed by atoms with Gasteiger partial charge in [0.25, 0.3) is 0 Å². The molecule has 1 aromatic carbocycles. The lowest BCUT2D eigenvalue weighted by molar-refractivity contribution is 0.134. The Morgan fingerprint density at radius 2 is 2.29 bits per heavy atom. The van der Waals surface area contributed by atoms with Crippen molar-refractivity contribution in [2.45, 2.75) is 37.3 Å². The summed E-state index contributed by atoms with van der Waals surface area (Å²) in [6.07, 6.45) is 5.34. The quantitative estimate of drug-likeness (QED) is 0.617. The summed E-state index contributed by atoms with van der Waals surface area (Å²) < 4.78 is 16.9. The van der Waals surface area contributed by atoms with Crippen LogP contribution in [0.1, 0.15) is 31.2 Å². The van der Waals surface area contributed by atoms with E-state index in [0.717, 1.165) is 31.2 Å². The molecule has 0 bridgehead atoms. The van der Waals surface area contributed by atoms with Crippen LogP contribution < -0.4 is 9.47 Å². The number of carbonyl (C=O) groups excluding carboxylic acids is 1. The molecule has 1 aliphatic carbocycles. The van der Waals surface area contributed by atoms with E-state index in [0.29, 0.717) is 24.7 Å². The van der Waals surface area contributed by atoms with Gasteiger partial charge in [-0.25, -0.2) is 4.79 Å². The van der Waals surface area contributed by atoms with E-state index in [1.165, 1.54) is 0 Å². The van der Waals surface area contributed by atoms with E-state index in [1.54, 1.807) is 13.2 Å². The molecule has 1 saturated heterocycles. The third-order valence-electron chi connectivity index (χ3n) is 4.31. The van der Waals surface area contributed by atoms with Crippen molar-refractivity contribution in [3.8, 4) is 11.5 Å². The van der Waals surface area contributed by atoms with Crippen LogP contribution in [-0.2, 0) is 15.1 Å². The van der Waals surface area contributed by atoms with E-state index in [1.807, 2.05) is 18.2 Å². The molecular weight excluding hydrogens is 270 g/mol. The first-order valence-electron chi connectivity index (χ1n) is 7.30. The maximum atomic E-state index is 10.8. The summed E-state index contributed by atoms with van der Waals surface area (Å²) in [5, 5.41) is 0. The first-order chi connectivity index (χ1) is 10.3. The van der Waals surface area contributed by atoms with Gasteiger partial charge >= 0.3 is 0 Å². The van der Waals surface area contributed by atoms with Gasteiger partial charge in [0.1, 0.15) is 11.6 Å². The summed E-state index contributed by atoms with van der Waals surface area (Å²) in [6.45, 7) is 1.30. The molecule has 2 aliphatic rings. The third-order valence-corrected chi connectivity index (χ3v) is 4.31. The fourth-order valence-electron chi connectivity index (χ4n) is 2.98. The molecule has 3 rings (SSSR count). The van der Waals surface area contributed by atoms with Crippen LogP contribution in [0.3, 0.4) is 0 Å². The van der Waals surface area contributed by atoms with Crippen molar-refractivity contribution in [1.29, 1.82) is 0 Å². The molecule has 0 amide bonds. The second kappa shape index (κ2) is 5.88. The first kappa shape index (κ1) is 14.1. The predicted octanol–water partition coefficient (Wildman–Crippen LogP) is 2.58. The molecule has 5 nitrogen and oxygen atoms in total. The highest BCUT2D eigenvalue weighted by atomic mass is 16.6. The van der Waals surface area contributed by atoms with Crippen LogP contribution in [0.4, 0.5) is 0 Å². The van der Waals surface area contributed by atoms with Crippen molar-refractivity contribution in [3.63, 3.8) is 0 Å². The molecule has 1 saturated carbocycles. The molecule has 1 aliphatic heterocycles.